The Labute approximate surface area is 108 Å². The highest BCUT2D eigenvalue weighted by Crippen LogP contribution is 2.26. The van der Waals surface area contributed by atoms with Gasteiger partial charge < -0.3 is 15.7 Å². The molecule has 0 aromatic rings. The average molecular weight is 256 g/mol. The number of carboxylic acids is 1. The van der Waals surface area contributed by atoms with Crippen molar-refractivity contribution in [1.29, 1.82) is 0 Å². The van der Waals surface area contributed by atoms with Crippen LogP contribution < -0.4 is 5.73 Å². The molecule has 0 radical (unpaired) electrons. The zero-order chi connectivity index (χ0) is 13.9. The van der Waals surface area contributed by atoms with E-state index in [1.807, 2.05) is 13.8 Å². The summed E-state index contributed by atoms with van der Waals surface area (Å²) in [5.41, 5.74) is 5.84. The van der Waals surface area contributed by atoms with Crippen LogP contribution in [0, 0.1) is 11.8 Å². The smallest absolute Gasteiger partial charge is 0.326 e. The fourth-order valence-corrected chi connectivity index (χ4v) is 2.38. The summed E-state index contributed by atoms with van der Waals surface area (Å²) in [6.07, 6.45) is 2.38. The number of nitrogens with two attached hydrogens (primary N) is 1. The second kappa shape index (κ2) is 6.18. The lowest BCUT2D eigenvalue weighted by molar-refractivity contribution is -0.154. The number of amides is 1. The van der Waals surface area contributed by atoms with Crippen LogP contribution in [0.3, 0.4) is 0 Å². The third-order valence-corrected chi connectivity index (χ3v) is 3.86. The Balaban J connectivity index is 2.80. The molecule has 1 saturated heterocycles. The molecule has 0 spiro atoms. The molecule has 104 valence electrons. The molecule has 18 heavy (non-hydrogen) atoms. The van der Waals surface area contributed by atoms with E-state index in [2.05, 4.69) is 6.92 Å². The van der Waals surface area contributed by atoms with Crippen LogP contribution in [-0.4, -0.2) is 40.5 Å². The van der Waals surface area contributed by atoms with Gasteiger partial charge in [0.05, 0.1) is 6.04 Å². The molecule has 1 rings (SSSR count). The third kappa shape index (κ3) is 3.22. The lowest BCUT2D eigenvalue weighted by Gasteiger charge is -2.38. The predicted molar refractivity (Wildman–Crippen MR) is 69.0 cm³/mol. The molecule has 5 nitrogen and oxygen atoms in total. The first-order valence-corrected chi connectivity index (χ1v) is 6.67. The summed E-state index contributed by atoms with van der Waals surface area (Å²) < 4.78 is 0. The molecular weight excluding hydrogens is 232 g/mol. The Kier molecular flexibility index (Phi) is 5.14. The molecule has 0 aliphatic carbocycles. The van der Waals surface area contributed by atoms with Crippen LogP contribution in [0.25, 0.3) is 0 Å². The summed E-state index contributed by atoms with van der Waals surface area (Å²) in [4.78, 5) is 24.9. The zero-order valence-corrected chi connectivity index (χ0v) is 11.4. The van der Waals surface area contributed by atoms with Crippen LogP contribution in [0.4, 0.5) is 0 Å². The van der Waals surface area contributed by atoms with E-state index in [9.17, 15) is 14.7 Å². The Hall–Kier alpha value is -1.10. The van der Waals surface area contributed by atoms with Crippen LogP contribution in [0.2, 0.25) is 0 Å². The molecule has 1 aliphatic heterocycles. The standard InChI is InChI=1S/C13H24N2O3/c1-4-9-5-6-15(10(7-9)13(17)18)12(16)11(14)8(2)3/h8-11H,4-7,14H2,1-3H3,(H,17,18). The van der Waals surface area contributed by atoms with Gasteiger partial charge in [0.25, 0.3) is 0 Å². The summed E-state index contributed by atoms with van der Waals surface area (Å²) in [6.45, 7) is 6.31. The van der Waals surface area contributed by atoms with E-state index in [1.165, 1.54) is 4.90 Å². The van der Waals surface area contributed by atoms with E-state index in [1.54, 1.807) is 0 Å². The van der Waals surface area contributed by atoms with Crippen molar-refractivity contribution in [1.82, 2.24) is 4.90 Å². The van der Waals surface area contributed by atoms with Gasteiger partial charge in [0, 0.05) is 6.54 Å². The van der Waals surface area contributed by atoms with E-state index >= 15 is 0 Å². The van der Waals surface area contributed by atoms with Gasteiger partial charge in [0.1, 0.15) is 6.04 Å². The molecule has 1 amide bonds. The number of nitrogens with zero attached hydrogens (tertiary/aromatic N) is 1. The van der Waals surface area contributed by atoms with Crippen molar-refractivity contribution < 1.29 is 14.7 Å². The monoisotopic (exact) mass is 256 g/mol. The molecule has 3 unspecified atom stereocenters. The van der Waals surface area contributed by atoms with Crippen molar-refractivity contribution >= 4 is 11.9 Å². The molecule has 5 heteroatoms. The average Bonchev–Trinajstić information content (AvgIpc) is 2.35. The Morgan fingerprint density at radius 3 is 2.50 bits per heavy atom. The molecule has 0 saturated carbocycles. The number of carboxylic acid groups (broad SMARTS) is 1. The first kappa shape index (κ1) is 15.0. The summed E-state index contributed by atoms with van der Waals surface area (Å²) in [6, 6.07) is -1.31. The van der Waals surface area contributed by atoms with Gasteiger partial charge in [-0.3, -0.25) is 4.79 Å². The number of hydrogen-bond donors (Lipinski definition) is 2. The quantitative estimate of drug-likeness (QED) is 0.788. The molecule has 3 atom stereocenters. The Morgan fingerprint density at radius 1 is 1.44 bits per heavy atom. The second-order valence-electron chi connectivity index (χ2n) is 5.45. The van der Waals surface area contributed by atoms with Gasteiger partial charge in [-0.05, 0) is 24.7 Å². The zero-order valence-electron chi connectivity index (χ0n) is 11.4. The van der Waals surface area contributed by atoms with Crippen LogP contribution in [0.15, 0.2) is 0 Å². The van der Waals surface area contributed by atoms with Crippen molar-refractivity contribution in [3.63, 3.8) is 0 Å². The highest BCUT2D eigenvalue weighted by molar-refractivity contribution is 5.87. The van der Waals surface area contributed by atoms with Gasteiger partial charge in [0.15, 0.2) is 0 Å². The number of likely N-dealkylation sites (tertiary alicyclic amines) is 1. The van der Waals surface area contributed by atoms with E-state index in [0.29, 0.717) is 18.9 Å². The van der Waals surface area contributed by atoms with Gasteiger partial charge in [-0.2, -0.15) is 0 Å². The van der Waals surface area contributed by atoms with Gasteiger partial charge >= 0.3 is 5.97 Å². The molecule has 0 aromatic heterocycles. The maximum atomic E-state index is 12.2. The molecule has 1 aliphatic rings. The largest absolute Gasteiger partial charge is 0.480 e. The Morgan fingerprint density at radius 2 is 2.06 bits per heavy atom. The fraction of sp³-hybridized carbons (Fsp3) is 0.846. The van der Waals surface area contributed by atoms with E-state index < -0.39 is 18.1 Å². The van der Waals surface area contributed by atoms with Crippen molar-refractivity contribution in [2.45, 2.75) is 52.1 Å². The topological polar surface area (TPSA) is 83.6 Å². The summed E-state index contributed by atoms with van der Waals surface area (Å²) in [5, 5.41) is 9.26. The predicted octanol–water partition coefficient (Wildman–Crippen LogP) is 1.07. The molecule has 3 N–H and O–H groups in total. The summed E-state index contributed by atoms with van der Waals surface area (Å²) >= 11 is 0. The van der Waals surface area contributed by atoms with Crippen LogP contribution >= 0.6 is 0 Å². The minimum Gasteiger partial charge on any atom is -0.480 e. The maximum absolute atomic E-state index is 12.2. The fourth-order valence-electron chi connectivity index (χ4n) is 2.38. The molecule has 0 aromatic carbocycles. The lowest BCUT2D eigenvalue weighted by atomic mass is 9.88. The number of aliphatic carboxylic acids is 1. The molecule has 1 heterocycles. The first-order chi connectivity index (χ1) is 8.38. The van der Waals surface area contributed by atoms with Crippen molar-refractivity contribution in [3.8, 4) is 0 Å². The van der Waals surface area contributed by atoms with Gasteiger partial charge in [0.2, 0.25) is 5.91 Å². The summed E-state index contributed by atoms with van der Waals surface area (Å²) in [5.74, 6) is -0.731. The van der Waals surface area contributed by atoms with Crippen molar-refractivity contribution in [2.24, 2.45) is 17.6 Å². The van der Waals surface area contributed by atoms with E-state index in [0.717, 1.165) is 12.8 Å². The van der Waals surface area contributed by atoms with Crippen molar-refractivity contribution in [2.75, 3.05) is 6.54 Å². The molecule has 1 fully saturated rings. The highest BCUT2D eigenvalue weighted by atomic mass is 16.4. The van der Waals surface area contributed by atoms with Gasteiger partial charge in [-0.1, -0.05) is 27.2 Å². The SMILES string of the molecule is CCC1CCN(C(=O)C(N)C(C)C)C(C(=O)O)C1. The minimum atomic E-state index is -0.919. The number of rotatable bonds is 4. The molecule has 0 bridgehead atoms. The molecular formula is C13H24N2O3. The van der Waals surface area contributed by atoms with Gasteiger partial charge in [-0.25, -0.2) is 4.79 Å². The maximum Gasteiger partial charge on any atom is 0.326 e. The van der Waals surface area contributed by atoms with Gasteiger partial charge in [-0.15, -0.1) is 0 Å². The van der Waals surface area contributed by atoms with Crippen LogP contribution in [0.1, 0.15) is 40.0 Å². The normalized spacial score (nSPS) is 26.2. The Bertz CT molecular complexity index is 317. The number of carbonyl (C=O) groups is 2. The van der Waals surface area contributed by atoms with Crippen LogP contribution in [0.5, 0.6) is 0 Å². The van der Waals surface area contributed by atoms with Crippen LogP contribution in [-0.2, 0) is 9.59 Å². The first-order valence-electron chi connectivity index (χ1n) is 6.67. The highest BCUT2D eigenvalue weighted by Gasteiger charge is 2.37. The second-order valence-corrected chi connectivity index (χ2v) is 5.45. The number of piperidine rings is 1. The van der Waals surface area contributed by atoms with Crippen molar-refractivity contribution in [3.05, 3.63) is 0 Å². The van der Waals surface area contributed by atoms with E-state index in [-0.39, 0.29) is 11.8 Å². The minimum absolute atomic E-state index is 0.0239. The number of hydrogen-bond acceptors (Lipinski definition) is 3. The summed E-state index contributed by atoms with van der Waals surface area (Å²) in [7, 11) is 0. The lowest BCUT2D eigenvalue weighted by Crippen LogP contribution is -2.56. The number of carbonyl (C=O) groups excluding carboxylic acids is 1. The van der Waals surface area contributed by atoms with E-state index in [4.69, 9.17) is 5.73 Å². The third-order valence-electron chi connectivity index (χ3n) is 3.86.